The standard InChI is InChI=1S/C23H23ClN4O2S2/c1-14(2)31-19-8-6-5-7-18(19)25-21-20-16(4)13-28(22(20)27-23(24)26-21)32(29,30)17-11-9-15(3)10-12-17/h5-14H,1-4H3,(H,25,26,27). The largest absolute Gasteiger partial charge is 0.339 e. The minimum absolute atomic E-state index is 0.0348. The number of para-hydroxylation sites is 1. The van der Waals surface area contributed by atoms with Crippen LogP contribution in [0.5, 0.6) is 0 Å². The zero-order valence-electron chi connectivity index (χ0n) is 18.1. The van der Waals surface area contributed by atoms with Crippen LogP contribution in [0.3, 0.4) is 0 Å². The topological polar surface area (TPSA) is 76.9 Å². The first kappa shape index (κ1) is 22.6. The Balaban J connectivity index is 1.86. The molecular weight excluding hydrogens is 464 g/mol. The molecule has 0 aliphatic carbocycles. The fourth-order valence-corrected chi connectivity index (χ4v) is 5.84. The molecule has 0 aliphatic heterocycles. The molecule has 166 valence electrons. The third-order valence-corrected chi connectivity index (χ3v) is 7.77. The first-order valence-corrected chi connectivity index (χ1v) is 12.8. The second-order valence-corrected chi connectivity index (χ2v) is 11.5. The SMILES string of the molecule is Cc1ccc(S(=O)(=O)n2cc(C)c3c(Nc4ccccc4SC(C)C)nc(Cl)nc32)cc1. The monoisotopic (exact) mass is 486 g/mol. The number of hydrogen-bond donors (Lipinski definition) is 1. The van der Waals surface area contributed by atoms with Crippen molar-refractivity contribution in [1.29, 1.82) is 0 Å². The average Bonchev–Trinajstić information content (AvgIpc) is 3.06. The Bertz CT molecular complexity index is 1400. The van der Waals surface area contributed by atoms with Gasteiger partial charge in [0.1, 0.15) is 5.82 Å². The number of anilines is 2. The van der Waals surface area contributed by atoms with E-state index in [1.807, 2.05) is 38.1 Å². The van der Waals surface area contributed by atoms with Gasteiger partial charge in [0, 0.05) is 16.3 Å². The summed E-state index contributed by atoms with van der Waals surface area (Å²) >= 11 is 7.96. The fourth-order valence-electron chi connectivity index (χ4n) is 3.40. The van der Waals surface area contributed by atoms with Gasteiger partial charge in [0.05, 0.1) is 16.0 Å². The normalized spacial score (nSPS) is 11.9. The Labute approximate surface area is 197 Å². The highest BCUT2D eigenvalue weighted by Crippen LogP contribution is 2.35. The summed E-state index contributed by atoms with van der Waals surface area (Å²) in [5.41, 5.74) is 2.81. The van der Waals surface area contributed by atoms with Gasteiger partial charge in [-0.2, -0.15) is 9.97 Å². The summed E-state index contributed by atoms with van der Waals surface area (Å²) in [6.45, 7) is 8.00. The number of aryl methyl sites for hydroxylation is 2. The highest BCUT2D eigenvalue weighted by atomic mass is 35.5. The molecule has 6 nitrogen and oxygen atoms in total. The van der Waals surface area contributed by atoms with Crippen molar-refractivity contribution >= 4 is 55.9 Å². The van der Waals surface area contributed by atoms with E-state index in [1.54, 1.807) is 42.2 Å². The predicted molar refractivity (Wildman–Crippen MR) is 132 cm³/mol. The van der Waals surface area contributed by atoms with Crippen LogP contribution < -0.4 is 5.32 Å². The first-order chi connectivity index (χ1) is 15.2. The highest BCUT2D eigenvalue weighted by Gasteiger charge is 2.24. The number of halogens is 1. The summed E-state index contributed by atoms with van der Waals surface area (Å²) in [6.07, 6.45) is 1.56. The Morgan fingerprint density at radius 2 is 1.72 bits per heavy atom. The van der Waals surface area contributed by atoms with Gasteiger partial charge in [0.2, 0.25) is 5.28 Å². The Morgan fingerprint density at radius 3 is 2.41 bits per heavy atom. The van der Waals surface area contributed by atoms with Gasteiger partial charge in [-0.25, -0.2) is 12.4 Å². The summed E-state index contributed by atoms with van der Waals surface area (Å²) in [5, 5.41) is 4.32. The molecule has 1 N–H and O–H groups in total. The van der Waals surface area contributed by atoms with Gasteiger partial charge in [-0.05, 0) is 55.3 Å². The minimum atomic E-state index is -3.86. The maximum atomic E-state index is 13.4. The lowest BCUT2D eigenvalue weighted by molar-refractivity contribution is 0.588. The number of fused-ring (bicyclic) bond motifs is 1. The number of nitrogens with zero attached hydrogens (tertiary/aromatic N) is 3. The summed E-state index contributed by atoms with van der Waals surface area (Å²) in [6, 6.07) is 14.6. The van der Waals surface area contributed by atoms with Crippen molar-refractivity contribution in [2.24, 2.45) is 0 Å². The van der Waals surface area contributed by atoms with E-state index in [-0.39, 0.29) is 15.8 Å². The fraction of sp³-hybridized carbons (Fsp3) is 0.217. The van der Waals surface area contributed by atoms with E-state index in [0.29, 0.717) is 16.5 Å². The molecule has 0 fully saturated rings. The third kappa shape index (κ3) is 4.35. The zero-order chi connectivity index (χ0) is 23.0. The molecule has 32 heavy (non-hydrogen) atoms. The molecule has 0 unspecified atom stereocenters. The van der Waals surface area contributed by atoms with Gasteiger partial charge in [-0.1, -0.05) is 43.7 Å². The van der Waals surface area contributed by atoms with Crippen LogP contribution in [0.1, 0.15) is 25.0 Å². The van der Waals surface area contributed by atoms with Crippen LogP contribution >= 0.6 is 23.4 Å². The Morgan fingerprint density at radius 1 is 1.03 bits per heavy atom. The number of aromatic nitrogens is 3. The van der Waals surface area contributed by atoms with Crippen LogP contribution in [0.25, 0.3) is 11.0 Å². The third-order valence-electron chi connectivity index (χ3n) is 4.86. The van der Waals surface area contributed by atoms with Crippen LogP contribution in [0.2, 0.25) is 5.28 Å². The Hall–Kier alpha value is -2.55. The number of nitrogens with one attached hydrogen (secondary N) is 1. The molecule has 2 heterocycles. The lowest BCUT2D eigenvalue weighted by Gasteiger charge is -2.14. The molecule has 2 aromatic heterocycles. The molecule has 0 radical (unpaired) electrons. The molecule has 0 atom stereocenters. The molecule has 0 aliphatic rings. The number of hydrogen-bond acceptors (Lipinski definition) is 6. The van der Waals surface area contributed by atoms with Crippen molar-refractivity contribution in [2.45, 2.75) is 42.7 Å². The molecule has 4 rings (SSSR count). The molecule has 0 bridgehead atoms. The number of rotatable bonds is 6. The molecular formula is C23H23ClN4O2S2. The molecule has 2 aromatic carbocycles. The Kier molecular flexibility index (Phi) is 6.20. The van der Waals surface area contributed by atoms with E-state index in [0.717, 1.165) is 21.7 Å². The van der Waals surface area contributed by atoms with Gasteiger partial charge in [0.25, 0.3) is 10.0 Å². The first-order valence-electron chi connectivity index (χ1n) is 10.1. The molecule has 0 saturated carbocycles. The lowest BCUT2D eigenvalue weighted by atomic mass is 10.2. The van der Waals surface area contributed by atoms with E-state index in [2.05, 4.69) is 29.1 Å². The van der Waals surface area contributed by atoms with Gasteiger partial charge < -0.3 is 5.32 Å². The zero-order valence-corrected chi connectivity index (χ0v) is 20.5. The average molecular weight is 487 g/mol. The van der Waals surface area contributed by atoms with E-state index in [1.165, 1.54) is 3.97 Å². The molecule has 0 amide bonds. The van der Waals surface area contributed by atoms with E-state index >= 15 is 0 Å². The van der Waals surface area contributed by atoms with Crippen molar-refractivity contribution in [3.05, 3.63) is 71.1 Å². The van der Waals surface area contributed by atoms with Crippen molar-refractivity contribution in [3.8, 4) is 0 Å². The molecule has 0 spiro atoms. The van der Waals surface area contributed by atoms with E-state index in [4.69, 9.17) is 11.6 Å². The lowest BCUT2D eigenvalue weighted by Crippen LogP contribution is -2.13. The summed E-state index contributed by atoms with van der Waals surface area (Å²) < 4.78 is 27.9. The summed E-state index contributed by atoms with van der Waals surface area (Å²) in [4.78, 5) is 9.90. The minimum Gasteiger partial charge on any atom is -0.339 e. The van der Waals surface area contributed by atoms with Gasteiger partial charge in [0.15, 0.2) is 5.65 Å². The second kappa shape index (κ2) is 8.77. The molecule has 9 heteroatoms. The van der Waals surface area contributed by atoms with Crippen LogP contribution in [-0.4, -0.2) is 27.6 Å². The van der Waals surface area contributed by atoms with Gasteiger partial charge in [-0.15, -0.1) is 11.8 Å². The van der Waals surface area contributed by atoms with E-state index in [9.17, 15) is 8.42 Å². The number of benzene rings is 2. The highest BCUT2D eigenvalue weighted by molar-refractivity contribution is 8.00. The van der Waals surface area contributed by atoms with Crippen molar-refractivity contribution in [3.63, 3.8) is 0 Å². The van der Waals surface area contributed by atoms with Crippen molar-refractivity contribution < 1.29 is 8.42 Å². The van der Waals surface area contributed by atoms with Gasteiger partial charge in [-0.3, -0.25) is 0 Å². The maximum absolute atomic E-state index is 13.4. The van der Waals surface area contributed by atoms with E-state index < -0.39 is 10.0 Å². The van der Waals surface area contributed by atoms with Crippen LogP contribution in [0.4, 0.5) is 11.5 Å². The summed E-state index contributed by atoms with van der Waals surface area (Å²) in [7, 11) is -3.86. The predicted octanol–water partition coefficient (Wildman–Crippen LogP) is 6.18. The molecule has 4 aromatic rings. The number of thioether (sulfide) groups is 1. The van der Waals surface area contributed by atoms with Gasteiger partial charge >= 0.3 is 0 Å². The smallest absolute Gasteiger partial charge is 0.269 e. The second-order valence-electron chi connectivity index (χ2n) is 7.75. The van der Waals surface area contributed by atoms with Crippen LogP contribution in [-0.2, 0) is 10.0 Å². The van der Waals surface area contributed by atoms with Crippen molar-refractivity contribution in [1.82, 2.24) is 13.9 Å². The maximum Gasteiger partial charge on any atom is 0.269 e. The van der Waals surface area contributed by atoms with Crippen molar-refractivity contribution in [2.75, 3.05) is 5.32 Å². The summed E-state index contributed by atoms with van der Waals surface area (Å²) in [5.74, 6) is 0.465. The molecule has 0 saturated heterocycles. The van der Waals surface area contributed by atoms with Crippen LogP contribution in [0, 0.1) is 13.8 Å². The quantitative estimate of drug-likeness (QED) is 0.259. The van der Waals surface area contributed by atoms with Crippen LogP contribution in [0.15, 0.2) is 64.5 Å².